The van der Waals surface area contributed by atoms with E-state index in [0.29, 0.717) is 0 Å². The monoisotopic (exact) mass is 1260 g/mol. The Morgan fingerprint density at radius 1 is 0.304 bits per heavy atom. The summed E-state index contributed by atoms with van der Waals surface area (Å²) in [4.78, 5) is 25.8. The molecule has 0 fully saturated rings. The first-order valence-corrected chi connectivity index (χ1v) is 31.7. The summed E-state index contributed by atoms with van der Waals surface area (Å²) in [6, 6.07) is 103. The highest BCUT2D eigenvalue weighted by Gasteiger charge is 2.37. The molecule has 0 saturated carbocycles. The maximum Gasteiger partial charge on any atom is 0.113 e. The van der Waals surface area contributed by atoms with Gasteiger partial charge in [0.05, 0.1) is 28.1 Å². The van der Waals surface area contributed by atoms with Crippen LogP contribution in [0.1, 0.15) is 68.5 Å². The van der Waals surface area contributed by atoms with Gasteiger partial charge in [-0.1, -0.05) is 223 Å². The molecule has 0 amide bonds. The lowest BCUT2D eigenvalue weighted by atomic mass is 9.69. The van der Waals surface area contributed by atoms with E-state index in [-0.39, 0.29) is 18.3 Å². The minimum Gasteiger partial charge on any atom is -0.311 e. The van der Waals surface area contributed by atoms with Crippen molar-refractivity contribution < 1.29 is 0 Å². The van der Waals surface area contributed by atoms with E-state index >= 15 is 0 Å². The molecular weight excluding hydrogens is 1190 g/mol. The molecule has 0 N–H and O–H groups in total. The number of hydrogen-bond acceptors (Lipinski definition) is 7. The molecule has 1 aliphatic carbocycles. The fourth-order valence-corrected chi connectivity index (χ4v) is 13.8. The summed E-state index contributed by atoms with van der Waals surface area (Å²) in [5.41, 5.74) is 26.4. The number of rotatable bonds is 9. The second kappa shape index (κ2) is 26.0. The molecule has 0 unspecified atom stereocenters. The van der Waals surface area contributed by atoms with Gasteiger partial charge >= 0.3 is 0 Å². The molecule has 0 bridgehead atoms. The Hall–Kier alpha value is -10.8. The maximum atomic E-state index is 4.94. The van der Waals surface area contributed by atoms with Gasteiger partial charge < -0.3 is 14.7 Å². The van der Waals surface area contributed by atoms with Crippen LogP contribution in [0.15, 0.2) is 320 Å². The highest BCUT2D eigenvalue weighted by molar-refractivity contribution is 9.10. The number of anilines is 9. The minimum atomic E-state index is -0.125. The van der Waals surface area contributed by atoms with Crippen LogP contribution in [0, 0.1) is 0 Å². The number of halogens is 1. The van der Waals surface area contributed by atoms with E-state index < -0.39 is 0 Å². The Morgan fingerprint density at radius 3 is 1.04 bits per heavy atom. The summed E-state index contributed by atoms with van der Waals surface area (Å²) in [7, 11) is 0. The normalized spacial score (nSPS) is 12.9. The first-order chi connectivity index (χ1) is 44.6. The van der Waals surface area contributed by atoms with Crippen LogP contribution < -0.4 is 14.7 Å². The molecule has 2 aliphatic rings. The molecule has 8 heteroatoms. The van der Waals surface area contributed by atoms with Crippen molar-refractivity contribution in [3.8, 4) is 22.3 Å². The van der Waals surface area contributed by atoms with E-state index in [1.165, 1.54) is 44.8 Å². The number of benzene rings is 12. The smallest absolute Gasteiger partial charge is 0.113 e. The Bertz CT molecular complexity index is 4690. The predicted octanol–water partition coefficient (Wildman–Crippen LogP) is 23.0. The quantitative estimate of drug-likeness (QED) is 0.143. The molecule has 3 heterocycles. The summed E-state index contributed by atoms with van der Waals surface area (Å²) in [5, 5.41) is 0. The van der Waals surface area contributed by atoms with Gasteiger partial charge in [0.1, 0.15) is 11.0 Å². The lowest BCUT2D eigenvalue weighted by Crippen LogP contribution is -2.30. The zero-order chi connectivity index (χ0) is 61.9. The standard InChI is InChI=1S/C41H32N4.C26H18BrN3.C16H16.CH4/c1-41(2)34-17-9-11-19-36(34)45(37-20-12-10-18-35(37)41)38-26-25-33(39-40(38)43-28-27-42-39)29-21-23-32(24-22-29)44(30-13-5-3-6-14-30)31-15-7-4-8-16-31;27-24-16-15-23(25-26(24)29-18-17-28-25)19-11-13-22(14-12-19)30(20-7-3-1-4-8-20)21-9-5-2-6-10-21;1-16(2)14-9-5-3-7-12(14)11-13-8-4-6-10-15(13)16;/h3-28H,1-2H3;1-18H;3-10H,11H2,1-2H3;1H4. The Kier molecular flexibility index (Phi) is 17.0. The Labute approximate surface area is 548 Å². The predicted molar refractivity (Wildman–Crippen MR) is 388 cm³/mol. The van der Waals surface area contributed by atoms with E-state index in [0.717, 1.165) is 95.0 Å². The fourth-order valence-electron chi connectivity index (χ4n) is 13.3. The minimum absolute atomic E-state index is 0. The van der Waals surface area contributed by atoms with Crippen LogP contribution in [0.3, 0.4) is 0 Å². The summed E-state index contributed by atoms with van der Waals surface area (Å²) in [6.45, 7) is 9.26. The average Bonchev–Trinajstić information content (AvgIpc) is 0.736. The van der Waals surface area contributed by atoms with Crippen LogP contribution in [-0.4, -0.2) is 19.9 Å². The zero-order valence-corrected chi connectivity index (χ0v) is 52.8. The lowest BCUT2D eigenvalue weighted by molar-refractivity contribution is 0.610. The largest absolute Gasteiger partial charge is 0.311 e. The molecule has 0 radical (unpaired) electrons. The van der Waals surface area contributed by atoms with Gasteiger partial charge in [-0.3, -0.25) is 19.9 Å². The molecule has 92 heavy (non-hydrogen) atoms. The molecule has 12 aromatic carbocycles. The third kappa shape index (κ3) is 11.5. The topological polar surface area (TPSA) is 61.3 Å². The van der Waals surface area contributed by atoms with Gasteiger partial charge in [-0.25, -0.2) is 0 Å². The molecular formula is C84H70BrN7. The highest BCUT2D eigenvalue weighted by Crippen LogP contribution is 2.53. The molecule has 0 saturated heterocycles. The van der Waals surface area contributed by atoms with Crippen molar-refractivity contribution in [1.29, 1.82) is 0 Å². The van der Waals surface area contributed by atoms with Gasteiger partial charge in [0.2, 0.25) is 0 Å². The summed E-state index contributed by atoms with van der Waals surface area (Å²) in [5.74, 6) is 0. The third-order valence-corrected chi connectivity index (χ3v) is 18.4. The van der Waals surface area contributed by atoms with Crippen LogP contribution in [0.4, 0.5) is 51.2 Å². The number of para-hydroxylation sites is 6. The number of nitrogens with zero attached hydrogens (tertiary/aromatic N) is 7. The van der Waals surface area contributed by atoms with E-state index in [9.17, 15) is 0 Å². The van der Waals surface area contributed by atoms with Crippen LogP contribution in [-0.2, 0) is 17.3 Å². The molecule has 7 nitrogen and oxygen atoms in total. The van der Waals surface area contributed by atoms with Gasteiger partial charge in [0.15, 0.2) is 0 Å². The molecule has 0 spiro atoms. The third-order valence-electron chi connectivity index (χ3n) is 17.8. The van der Waals surface area contributed by atoms with E-state index in [2.05, 4.69) is 329 Å². The van der Waals surface area contributed by atoms with Gasteiger partial charge in [-0.05, 0) is 170 Å². The molecule has 448 valence electrons. The zero-order valence-electron chi connectivity index (χ0n) is 51.2. The van der Waals surface area contributed by atoms with Crippen molar-refractivity contribution in [3.05, 3.63) is 354 Å². The van der Waals surface area contributed by atoms with E-state index in [1.807, 2.05) is 30.3 Å². The van der Waals surface area contributed by atoms with Gasteiger partial charge in [0.25, 0.3) is 0 Å². The SMILES string of the molecule is Brc1ccc(-c2ccc(N(c3ccccc3)c3ccccc3)cc2)c2nccnc12.C.CC1(C)c2ccccc2Cc2ccccc21.CC1(C)c2ccccc2N(c2ccc(-c3ccc(N(c4ccccc4)c4ccccc4)cc3)c3nccnc23)c2ccccc21. The van der Waals surface area contributed by atoms with Gasteiger partial charge in [-0.2, -0.15) is 0 Å². The van der Waals surface area contributed by atoms with Crippen LogP contribution in [0.2, 0.25) is 0 Å². The first kappa shape index (κ1) is 60.1. The average molecular weight is 1260 g/mol. The maximum absolute atomic E-state index is 4.94. The highest BCUT2D eigenvalue weighted by atomic mass is 79.9. The Balaban J connectivity index is 0.000000141. The molecule has 2 aromatic heterocycles. The van der Waals surface area contributed by atoms with Gasteiger partial charge in [0, 0.05) is 85.3 Å². The molecule has 0 atom stereocenters. The second-order valence-electron chi connectivity index (χ2n) is 24.0. The summed E-state index contributed by atoms with van der Waals surface area (Å²) < 4.78 is 0.949. The summed E-state index contributed by atoms with van der Waals surface area (Å²) in [6.07, 6.45) is 8.12. The molecule has 16 rings (SSSR count). The van der Waals surface area contributed by atoms with Crippen molar-refractivity contribution in [2.24, 2.45) is 0 Å². The number of fused-ring (bicyclic) bond motifs is 6. The first-order valence-electron chi connectivity index (χ1n) is 30.9. The number of hydrogen-bond donors (Lipinski definition) is 0. The summed E-state index contributed by atoms with van der Waals surface area (Å²) >= 11 is 3.58. The fraction of sp³-hybridized carbons (Fsp3) is 0.0952. The van der Waals surface area contributed by atoms with Crippen molar-refractivity contribution in [3.63, 3.8) is 0 Å². The Morgan fingerprint density at radius 2 is 0.620 bits per heavy atom. The van der Waals surface area contributed by atoms with Crippen molar-refractivity contribution in [2.75, 3.05) is 14.7 Å². The molecule has 14 aromatic rings. The number of aromatic nitrogens is 4. The van der Waals surface area contributed by atoms with Crippen LogP contribution in [0.5, 0.6) is 0 Å². The molecule has 1 aliphatic heterocycles. The van der Waals surface area contributed by atoms with Crippen molar-refractivity contribution >= 4 is 89.2 Å². The van der Waals surface area contributed by atoms with E-state index in [1.54, 1.807) is 24.8 Å². The van der Waals surface area contributed by atoms with Crippen LogP contribution >= 0.6 is 15.9 Å². The van der Waals surface area contributed by atoms with Gasteiger partial charge in [-0.15, -0.1) is 0 Å². The van der Waals surface area contributed by atoms with Crippen molar-refractivity contribution in [2.45, 2.75) is 52.4 Å². The van der Waals surface area contributed by atoms with E-state index in [4.69, 9.17) is 9.97 Å². The second-order valence-corrected chi connectivity index (χ2v) is 24.8. The lowest BCUT2D eigenvalue weighted by Gasteiger charge is -2.42. The van der Waals surface area contributed by atoms with Crippen molar-refractivity contribution in [1.82, 2.24) is 19.9 Å². The van der Waals surface area contributed by atoms with Crippen LogP contribution in [0.25, 0.3) is 44.3 Å².